The SMILES string of the molecule is COc1cc([C@@H](C)O)ccc1OC(F)F. The summed E-state index contributed by atoms with van der Waals surface area (Å²) in [5.41, 5.74) is 0.577. The van der Waals surface area contributed by atoms with Gasteiger partial charge in [-0.05, 0) is 24.6 Å². The van der Waals surface area contributed by atoms with Crippen LogP contribution in [-0.2, 0) is 0 Å². The van der Waals surface area contributed by atoms with E-state index in [2.05, 4.69) is 4.74 Å². The first-order valence-corrected chi connectivity index (χ1v) is 4.35. The van der Waals surface area contributed by atoms with Crippen LogP contribution in [0.4, 0.5) is 8.78 Å². The van der Waals surface area contributed by atoms with Gasteiger partial charge in [-0.1, -0.05) is 6.07 Å². The number of methoxy groups -OCH3 is 1. The summed E-state index contributed by atoms with van der Waals surface area (Å²) in [4.78, 5) is 0. The lowest BCUT2D eigenvalue weighted by Gasteiger charge is -2.12. The maximum atomic E-state index is 12.0. The zero-order valence-electron chi connectivity index (χ0n) is 8.41. The van der Waals surface area contributed by atoms with Gasteiger partial charge in [-0.15, -0.1) is 0 Å². The Kier molecular flexibility index (Phi) is 3.85. The Bertz CT molecular complexity index is 326. The van der Waals surface area contributed by atoms with E-state index >= 15 is 0 Å². The van der Waals surface area contributed by atoms with Crippen molar-refractivity contribution in [2.24, 2.45) is 0 Å². The molecule has 1 aromatic carbocycles. The van der Waals surface area contributed by atoms with Crippen LogP contribution >= 0.6 is 0 Å². The normalized spacial score (nSPS) is 12.7. The minimum Gasteiger partial charge on any atom is -0.493 e. The van der Waals surface area contributed by atoms with Gasteiger partial charge in [0.05, 0.1) is 13.2 Å². The van der Waals surface area contributed by atoms with Crippen LogP contribution < -0.4 is 9.47 Å². The number of alkyl halides is 2. The van der Waals surface area contributed by atoms with Crippen molar-refractivity contribution < 1.29 is 23.4 Å². The van der Waals surface area contributed by atoms with E-state index in [1.807, 2.05) is 0 Å². The smallest absolute Gasteiger partial charge is 0.387 e. The average Bonchev–Trinajstić information content (AvgIpc) is 2.17. The van der Waals surface area contributed by atoms with Crippen molar-refractivity contribution in [1.82, 2.24) is 0 Å². The van der Waals surface area contributed by atoms with Gasteiger partial charge in [0, 0.05) is 0 Å². The van der Waals surface area contributed by atoms with Crippen LogP contribution in [0.5, 0.6) is 11.5 Å². The Morgan fingerprint density at radius 1 is 1.27 bits per heavy atom. The fourth-order valence-corrected chi connectivity index (χ4v) is 1.14. The molecular weight excluding hydrogens is 206 g/mol. The Balaban J connectivity index is 2.98. The zero-order chi connectivity index (χ0) is 11.4. The molecule has 15 heavy (non-hydrogen) atoms. The van der Waals surface area contributed by atoms with E-state index in [9.17, 15) is 13.9 Å². The lowest BCUT2D eigenvalue weighted by molar-refractivity contribution is -0.0512. The van der Waals surface area contributed by atoms with Crippen LogP contribution in [0.3, 0.4) is 0 Å². The molecular formula is C10H12F2O3. The van der Waals surface area contributed by atoms with E-state index in [1.54, 1.807) is 6.92 Å². The molecule has 0 aliphatic carbocycles. The van der Waals surface area contributed by atoms with Crippen molar-refractivity contribution in [1.29, 1.82) is 0 Å². The van der Waals surface area contributed by atoms with Gasteiger partial charge in [0.15, 0.2) is 11.5 Å². The minimum atomic E-state index is -2.89. The molecule has 0 bridgehead atoms. The lowest BCUT2D eigenvalue weighted by Crippen LogP contribution is -2.04. The molecule has 0 heterocycles. The molecule has 0 amide bonds. The number of hydrogen-bond acceptors (Lipinski definition) is 3. The first-order chi connectivity index (χ1) is 7.04. The van der Waals surface area contributed by atoms with Gasteiger partial charge >= 0.3 is 6.61 Å². The third kappa shape index (κ3) is 3.06. The number of benzene rings is 1. The molecule has 1 aromatic rings. The highest BCUT2D eigenvalue weighted by Gasteiger charge is 2.12. The largest absolute Gasteiger partial charge is 0.493 e. The van der Waals surface area contributed by atoms with Crippen molar-refractivity contribution in [2.75, 3.05) is 7.11 Å². The molecule has 0 fully saturated rings. The molecule has 1 rings (SSSR count). The van der Waals surface area contributed by atoms with Crippen molar-refractivity contribution in [3.05, 3.63) is 23.8 Å². The monoisotopic (exact) mass is 218 g/mol. The molecule has 1 N–H and O–H groups in total. The Morgan fingerprint density at radius 2 is 1.93 bits per heavy atom. The Hall–Kier alpha value is -1.36. The van der Waals surface area contributed by atoms with Crippen LogP contribution in [-0.4, -0.2) is 18.8 Å². The molecule has 0 saturated heterocycles. The second-order valence-corrected chi connectivity index (χ2v) is 2.96. The van der Waals surface area contributed by atoms with Crippen LogP contribution in [0.1, 0.15) is 18.6 Å². The fraction of sp³-hybridized carbons (Fsp3) is 0.400. The summed E-state index contributed by atoms with van der Waals surface area (Å²) >= 11 is 0. The molecule has 0 aliphatic heterocycles. The predicted octanol–water partition coefficient (Wildman–Crippen LogP) is 2.35. The predicted molar refractivity (Wildman–Crippen MR) is 50.3 cm³/mol. The van der Waals surface area contributed by atoms with Crippen molar-refractivity contribution >= 4 is 0 Å². The van der Waals surface area contributed by atoms with Crippen LogP contribution in [0, 0.1) is 0 Å². The summed E-state index contributed by atoms with van der Waals surface area (Å²) < 4.78 is 33.0. The van der Waals surface area contributed by atoms with E-state index in [4.69, 9.17) is 4.74 Å². The van der Waals surface area contributed by atoms with Crippen LogP contribution in [0.2, 0.25) is 0 Å². The van der Waals surface area contributed by atoms with E-state index in [0.717, 1.165) is 0 Å². The van der Waals surface area contributed by atoms with Gasteiger partial charge in [0.2, 0.25) is 0 Å². The third-order valence-electron chi connectivity index (χ3n) is 1.89. The van der Waals surface area contributed by atoms with Gasteiger partial charge in [0.1, 0.15) is 0 Å². The molecule has 0 aliphatic rings. The van der Waals surface area contributed by atoms with Gasteiger partial charge in [-0.2, -0.15) is 8.78 Å². The quantitative estimate of drug-likeness (QED) is 0.843. The molecule has 0 saturated carbocycles. The summed E-state index contributed by atoms with van der Waals surface area (Å²) in [6.45, 7) is -1.32. The molecule has 1 atom stereocenters. The average molecular weight is 218 g/mol. The summed E-state index contributed by atoms with van der Waals surface area (Å²) in [7, 11) is 1.35. The van der Waals surface area contributed by atoms with E-state index in [-0.39, 0.29) is 11.5 Å². The van der Waals surface area contributed by atoms with Crippen molar-refractivity contribution in [2.45, 2.75) is 19.6 Å². The molecule has 3 nitrogen and oxygen atoms in total. The lowest BCUT2D eigenvalue weighted by atomic mass is 10.1. The van der Waals surface area contributed by atoms with E-state index < -0.39 is 12.7 Å². The molecule has 0 unspecified atom stereocenters. The molecule has 5 heteroatoms. The van der Waals surface area contributed by atoms with Crippen molar-refractivity contribution in [3.63, 3.8) is 0 Å². The highest BCUT2D eigenvalue weighted by molar-refractivity contribution is 5.43. The molecule has 0 spiro atoms. The van der Waals surface area contributed by atoms with Crippen LogP contribution in [0.15, 0.2) is 18.2 Å². The third-order valence-corrected chi connectivity index (χ3v) is 1.89. The maximum Gasteiger partial charge on any atom is 0.387 e. The first kappa shape index (κ1) is 11.7. The second kappa shape index (κ2) is 4.93. The topological polar surface area (TPSA) is 38.7 Å². The first-order valence-electron chi connectivity index (χ1n) is 4.35. The van der Waals surface area contributed by atoms with Gasteiger partial charge < -0.3 is 14.6 Å². The number of aliphatic hydroxyl groups excluding tert-OH is 1. The summed E-state index contributed by atoms with van der Waals surface area (Å²) in [5.74, 6) is 0.130. The van der Waals surface area contributed by atoms with Gasteiger partial charge in [0.25, 0.3) is 0 Å². The zero-order valence-corrected chi connectivity index (χ0v) is 8.41. The fourth-order valence-electron chi connectivity index (χ4n) is 1.14. The maximum absolute atomic E-state index is 12.0. The molecule has 0 aromatic heterocycles. The minimum absolute atomic E-state index is 0.0445. The number of halogens is 2. The standard InChI is InChI=1S/C10H12F2O3/c1-6(13)7-3-4-8(15-10(11)12)9(5-7)14-2/h3-6,10,13H,1-2H3/t6-/m1/s1. The van der Waals surface area contributed by atoms with Gasteiger partial charge in [-0.25, -0.2) is 0 Å². The number of rotatable bonds is 4. The van der Waals surface area contributed by atoms with E-state index in [0.29, 0.717) is 5.56 Å². The summed E-state index contributed by atoms with van der Waals surface area (Å²) in [5, 5.41) is 9.27. The molecule has 0 radical (unpaired) electrons. The van der Waals surface area contributed by atoms with E-state index in [1.165, 1.54) is 25.3 Å². The highest BCUT2D eigenvalue weighted by atomic mass is 19.3. The number of hydrogen-bond donors (Lipinski definition) is 1. The summed E-state index contributed by atoms with van der Waals surface area (Å²) in [6, 6.07) is 4.31. The van der Waals surface area contributed by atoms with Gasteiger partial charge in [-0.3, -0.25) is 0 Å². The highest BCUT2D eigenvalue weighted by Crippen LogP contribution is 2.31. The van der Waals surface area contributed by atoms with Crippen LogP contribution in [0.25, 0.3) is 0 Å². The second-order valence-electron chi connectivity index (χ2n) is 2.96. The number of aliphatic hydroxyl groups is 1. The summed E-state index contributed by atoms with van der Waals surface area (Å²) in [6.07, 6.45) is -0.681. The Morgan fingerprint density at radius 3 is 2.40 bits per heavy atom. The van der Waals surface area contributed by atoms with Crippen molar-refractivity contribution in [3.8, 4) is 11.5 Å². The Labute approximate surface area is 86.2 Å². The molecule has 84 valence electrons. The number of ether oxygens (including phenoxy) is 2.